The van der Waals surface area contributed by atoms with E-state index in [1.54, 1.807) is 12.1 Å². The van der Waals surface area contributed by atoms with Crippen LogP contribution in [0.15, 0.2) is 72.6 Å². The number of benzene rings is 2. The fourth-order valence-corrected chi connectivity index (χ4v) is 3.81. The lowest BCUT2D eigenvalue weighted by atomic mass is 10.1. The molecule has 1 aliphatic rings. The van der Waals surface area contributed by atoms with Crippen LogP contribution in [0, 0.1) is 0 Å². The molecule has 2 N–H and O–H groups in total. The number of nitrogens with one attached hydrogen (secondary N) is 2. The van der Waals surface area contributed by atoms with E-state index in [4.69, 9.17) is 0 Å². The van der Waals surface area contributed by atoms with Crippen molar-refractivity contribution in [2.75, 3.05) is 30.9 Å². The van der Waals surface area contributed by atoms with Gasteiger partial charge in [-0.15, -0.1) is 0 Å². The second-order valence-electron chi connectivity index (χ2n) is 8.15. The number of amides is 4. The van der Waals surface area contributed by atoms with Crippen LogP contribution in [0.2, 0.25) is 0 Å². The lowest BCUT2D eigenvalue weighted by molar-refractivity contribution is -0.127. The number of para-hydroxylation sites is 1. The van der Waals surface area contributed by atoms with E-state index in [1.165, 1.54) is 0 Å². The number of urea groups is 1. The molecular weight excluding hydrogens is 430 g/mol. The van der Waals surface area contributed by atoms with Gasteiger partial charge in [0, 0.05) is 43.0 Å². The highest BCUT2D eigenvalue weighted by molar-refractivity contribution is 6.15. The SMILES string of the molecule is CCc1ccccc1NC(=O)CN1C(=O)N/C(=C/c2cccn2-c2ccc(N(C)C)cc2)C1=O. The van der Waals surface area contributed by atoms with Crippen LogP contribution in [-0.2, 0) is 16.0 Å². The number of hydrogen-bond acceptors (Lipinski definition) is 4. The fourth-order valence-electron chi connectivity index (χ4n) is 3.81. The summed E-state index contributed by atoms with van der Waals surface area (Å²) in [6, 6.07) is 18.5. The summed E-state index contributed by atoms with van der Waals surface area (Å²) in [5, 5.41) is 5.38. The van der Waals surface area contributed by atoms with Gasteiger partial charge in [-0.25, -0.2) is 9.69 Å². The summed E-state index contributed by atoms with van der Waals surface area (Å²) in [5.74, 6) is -0.977. The Morgan fingerprint density at radius 3 is 2.47 bits per heavy atom. The maximum absolute atomic E-state index is 12.9. The predicted octanol–water partition coefficient (Wildman–Crippen LogP) is 3.64. The zero-order chi connectivity index (χ0) is 24.2. The van der Waals surface area contributed by atoms with Crippen LogP contribution in [0.25, 0.3) is 11.8 Å². The molecular formula is C26H27N5O3. The molecule has 34 heavy (non-hydrogen) atoms. The second-order valence-corrected chi connectivity index (χ2v) is 8.15. The Morgan fingerprint density at radius 1 is 1.03 bits per heavy atom. The monoisotopic (exact) mass is 457 g/mol. The zero-order valence-corrected chi connectivity index (χ0v) is 19.4. The summed E-state index contributed by atoms with van der Waals surface area (Å²) in [4.78, 5) is 40.8. The largest absolute Gasteiger partial charge is 0.378 e. The average molecular weight is 458 g/mol. The summed E-state index contributed by atoms with van der Waals surface area (Å²) >= 11 is 0. The number of imide groups is 1. The normalized spacial score (nSPS) is 14.4. The molecule has 0 radical (unpaired) electrons. The number of aromatic nitrogens is 1. The quantitative estimate of drug-likeness (QED) is 0.419. The molecule has 3 aromatic rings. The standard InChI is InChI=1S/C26H27N5O3/c1-4-18-8-5-6-10-22(18)27-24(32)17-31-25(33)23(28-26(31)34)16-21-9-7-15-30(21)20-13-11-19(12-14-20)29(2)3/h5-16H,4,17H2,1-3H3,(H,27,32)(H,28,34)/b23-16+. The minimum Gasteiger partial charge on any atom is -0.378 e. The first-order valence-corrected chi connectivity index (χ1v) is 11.0. The smallest absolute Gasteiger partial charge is 0.329 e. The number of aryl methyl sites for hydroxylation is 1. The number of carbonyl (C=O) groups excluding carboxylic acids is 3. The molecule has 0 spiro atoms. The molecule has 2 heterocycles. The molecule has 0 saturated carbocycles. The molecule has 1 fully saturated rings. The van der Waals surface area contributed by atoms with E-state index in [1.807, 2.05) is 91.3 Å². The van der Waals surface area contributed by atoms with Crippen LogP contribution < -0.4 is 15.5 Å². The van der Waals surface area contributed by atoms with Crippen molar-refractivity contribution >= 4 is 35.3 Å². The van der Waals surface area contributed by atoms with Crippen molar-refractivity contribution in [2.45, 2.75) is 13.3 Å². The Hall–Kier alpha value is -4.33. The molecule has 4 rings (SSSR count). The first kappa shape index (κ1) is 22.8. The first-order valence-electron chi connectivity index (χ1n) is 11.0. The summed E-state index contributed by atoms with van der Waals surface area (Å²) in [5.41, 5.74) is 4.50. The van der Waals surface area contributed by atoms with Crippen molar-refractivity contribution in [3.05, 3.63) is 83.8 Å². The molecule has 0 atom stereocenters. The Balaban J connectivity index is 1.49. The van der Waals surface area contributed by atoms with Gasteiger partial charge in [-0.2, -0.15) is 0 Å². The van der Waals surface area contributed by atoms with E-state index in [0.29, 0.717) is 5.69 Å². The Bertz CT molecular complexity index is 1260. The zero-order valence-electron chi connectivity index (χ0n) is 19.4. The summed E-state index contributed by atoms with van der Waals surface area (Å²) < 4.78 is 1.92. The Kier molecular flexibility index (Phi) is 6.49. The van der Waals surface area contributed by atoms with E-state index in [0.717, 1.165) is 34.0 Å². The van der Waals surface area contributed by atoms with E-state index in [9.17, 15) is 14.4 Å². The minimum atomic E-state index is -0.622. The molecule has 2 aromatic carbocycles. The van der Waals surface area contributed by atoms with Gasteiger partial charge >= 0.3 is 6.03 Å². The molecule has 8 heteroatoms. The van der Waals surface area contributed by atoms with Crippen LogP contribution >= 0.6 is 0 Å². The Labute approximate surface area is 198 Å². The third kappa shape index (κ3) is 4.71. The number of hydrogen-bond donors (Lipinski definition) is 2. The molecule has 1 aromatic heterocycles. The van der Waals surface area contributed by atoms with Crippen molar-refractivity contribution in [2.24, 2.45) is 0 Å². The highest BCUT2D eigenvalue weighted by Crippen LogP contribution is 2.21. The van der Waals surface area contributed by atoms with E-state index < -0.39 is 17.8 Å². The third-order valence-electron chi connectivity index (χ3n) is 5.65. The first-order chi connectivity index (χ1) is 16.4. The van der Waals surface area contributed by atoms with Gasteiger partial charge in [-0.3, -0.25) is 9.59 Å². The van der Waals surface area contributed by atoms with Gasteiger partial charge < -0.3 is 20.1 Å². The minimum absolute atomic E-state index is 0.122. The predicted molar refractivity (Wildman–Crippen MR) is 133 cm³/mol. The topological polar surface area (TPSA) is 86.7 Å². The molecule has 174 valence electrons. The van der Waals surface area contributed by atoms with Gasteiger partial charge in [-0.05, 0) is 60.5 Å². The van der Waals surface area contributed by atoms with Crippen molar-refractivity contribution in [3.63, 3.8) is 0 Å². The second kappa shape index (κ2) is 9.66. The third-order valence-corrected chi connectivity index (χ3v) is 5.65. The summed E-state index contributed by atoms with van der Waals surface area (Å²) in [7, 11) is 3.95. The molecule has 8 nitrogen and oxygen atoms in total. The van der Waals surface area contributed by atoms with E-state index in [2.05, 4.69) is 10.6 Å². The molecule has 0 aliphatic carbocycles. The van der Waals surface area contributed by atoms with Crippen molar-refractivity contribution in [1.82, 2.24) is 14.8 Å². The van der Waals surface area contributed by atoms with E-state index >= 15 is 0 Å². The van der Waals surface area contributed by atoms with E-state index in [-0.39, 0.29) is 12.2 Å². The van der Waals surface area contributed by atoms with Gasteiger partial charge in [0.1, 0.15) is 12.2 Å². The van der Waals surface area contributed by atoms with Crippen LogP contribution in [0.4, 0.5) is 16.2 Å². The number of nitrogens with zero attached hydrogens (tertiary/aromatic N) is 3. The van der Waals surface area contributed by atoms with Crippen LogP contribution in [0.1, 0.15) is 18.2 Å². The van der Waals surface area contributed by atoms with Crippen molar-refractivity contribution in [3.8, 4) is 5.69 Å². The Morgan fingerprint density at radius 2 is 1.76 bits per heavy atom. The van der Waals surface area contributed by atoms with Crippen molar-refractivity contribution in [1.29, 1.82) is 0 Å². The van der Waals surface area contributed by atoms with Crippen LogP contribution in [-0.4, -0.2) is 48.0 Å². The molecule has 4 amide bonds. The molecule has 1 saturated heterocycles. The number of anilines is 2. The highest BCUT2D eigenvalue weighted by atomic mass is 16.2. The summed E-state index contributed by atoms with van der Waals surface area (Å²) in [6.07, 6.45) is 4.25. The van der Waals surface area contributed by atoms with Gasteiger partial charge in [0.25, 0.3) is 5.91 Å². The lowest BCUT2D eigenvalue weighted by Crippen LogP contribution is -2.38. The maximum Gasteiger partial charge on any atom is 0.329 e. The number of carbonyl (C=O) groups is 3. The van der Waals surface area contributed by atoms with Gasteiger partial charge in [-0.1, -0.05) is 25.1 Å². The maximum atomic E-state index is 12.9. The van der Waals surface area contributed by atoms with Gasteiger partial charge in [0.2, 0.25) is 5.91 Å². The van der Waals surface area contributed by atoms with Crippen LogP contribution in [0.3, 0.4) is 0 Å². The van der Waals surface area contributed by atoms with Crippen molar-refractivity contribution < 1.29 is 14.4 Å². The summed E-state index contributed by atoms with van der Waals surface area (Å²) in [6.45, 7) is 1.62. The lowest BCUT2D eigenvalue weighted by Gasteiger charge is -2.14. The van der Waals surface area contributed by atoms with Crippen LogP contribution in [0.5, 0.6) is 0 Å². The van der Waals surface area contributed by atoms with Gasteiger partial charge in [0.15, 0.2) is 0 Å². The molecule has 0 unspecified atom stereocenters. The fraction of sp³-hybridized carbons (Fsp3) is 0.192. The number of rotatable bonds is 7. The molecule has 0 bridgehead atoms. The van der Waals surface area contributed by atoms with Gasteiger partial charge in [0.05, 0.1) is 0 Å². The average Bonchev–Trinajstić information content (AvgIpc) is 3.39. The highest BCUT2D eigenvalue weighted by Gasteiger charge is 2.35. The molecule has 1 aliphatic heterocycles.